The SMILES string of the molecule is Cc1nc(N2CCC(C(=O)NCc3cccnc3)CC2)c2cc(-c3ccccc3)sc2n1. The highest BCUT2D eigenvalue weighted by Crippen LogP contribution is 2.37. The van der Waals surface area contributed by atoms with Crippen molar-refractivity contribution < 1.29 is 4.79 Å². The summed E-state index contributed by atoms with van der Waals surface area (Å²) in [4.78, 5) is 30.8. The van der Waals surface area contributed by atoms with E-state index in [-0.39, 0.29) is 11.8 Å². The van der Waals surface area contributed by atoms with E-state index in [1.165, 1.54) is 10.4 Å². The number of rotatable bonds is 5. The number of carbonyl (C=O) groups is 1. The Morgan fingerprint density at radius 1 is 1.12 bits per heavy atom. The topological polar surface area (TPSA) is 71.0 Å². The van der Waals surface area contributed by atoms with Crippen LogP contribution in [0.2, 0.25) is 0 Å². The highest BCUT2D eigenvalue weighted by Gasteiger charge is 2.27. The lowest BCUT2D eigenvalue weighted by Gasteiger charge is -2.32. The van der Waals surface area contributed by atoms with Crippen LogP contribution in [-0.4, -0.2) is 33.9 Å². The Balaban J connectivity index is 1.29. The lowest BCUT2D eigenvalue weighted by atomic mass is 9.95. The van der Waals surface area contributed by atoms with Crippen molar-refractivity contribution in [2.24, 2.45) is 5.92 Å². The minimum atomic E-state index is 0.0312. The fraction of sp³-hybridized carbons (Fsp3) is 0.280. The third kappa shape index (κ3) is 4.34. The van der Waals surface area contributed by atoms with Gasteiger partial charge in [0.2, 0.25) is 5.91 Å². The molecule has 162 valence electrons. The monoisotopic (exact) mass is 443 g/mol. The number of benzene rings is 1. The summed E-state index contributed by atoms with van der Waals surface area (Å²) >= 11 is 1.71. The summed E-state index contributed by atoms with van der Waals surface area (Å²) in [6.45, 7) is 4.10. The van der Waals surface area contributed by atoms with Gasteiger partial charge >= 0.3 is 0 Å². The summed E-state index contributed by atoms with van der Waals surface area (Å²) in [5.74, 6) is 1.92. The molecule has 7 heteroatoms. The number of fused-ring (bicyclic) bond motifs is 1. The quantitative estimate of drug-likeness (QED) is 0.488. The van der Waals surface area contributed by atoms with Gasteiger partial charge in [0, 0.05) is 42.8 Å². The smallest absolute Gasteiger partial charge is 0.223 e. The number of hydrogen-bond donors (Lipinski definition) is 1. The van der Waals surface area contributed by atoms with Crippen LogP contribution in [0, 0.1) is 12.8 Å². The zero-order valence-electron chi connectivity index (χ0n) is 18.0. The Kier molecular flexibility index (Phi) is 5.81. The van der Waals surface area contributed by atoms with E-state index >= 15 is 0 Å². The van der Waals surface area contributed by atoms with E-state index in [1.54, 1.807) is 23.7 Å². The molecule has 3 aromatic heterocycles. The number of piperidine rings is 1. The third-order valence-electron chi connectivity index (χ3n) is 5.90. The van der Waals surface area contributed by atoms with Crippen LogP contribution < -0.4 is 10.2 Å². The van der Waals surface area contributed by atoms with Crippen molar-refractivity contribution in [2.45, 2.75) is 26.3 Å². The Morgan fingerprint density at radius 3 is 2.69 bits per heavy atom. The molecule has 1 aliphatic rings. The molecule has 0 atom stereocenters. The maximum Gasteiger partial charge on any atom is 0.223 e. The van der Waals surface area contributed by atoms with Crippen molar-refractivity contribution in [1.29, 1.82) is 0 Å². The van der Waals surface area contributed by atoms with Crippen molar-refractivity contribution >= 4 is 33.3 Å². The summed E-state index contributed by atoms with van der Waals surface area (Å²) < 4.78 is 0. The molecule has 0 spiro atoms. The molecule has 0 saturated carbocycles. The lowest BCUT2D eigenvalue weighted by Crippen LogP contribution is -2.40. The first-order valence-corrected chi connectivity index (χ1v) is 11.7. The van der Waals surface area contributed by atoms with Crippen LogP contribution in [0.25, 0.3) is 20.7 Å². The number of amides is 1. The average molecular weight is 444 g/mol. The van der Waals surface area contributed by atoms with Crippen LogP contribution >= 0.6 is 11.3 Å². The molecule has 1 fully saturated rings. The number of nitrogens with one attached hydrogen (secondary N) is 1. The molecule has 1 aliphatic heterocycles. The van der Waals surface area contributed by atoms with Crippen LogP contribution in [0.4, 0.5) is 5.82 Å². The molecule has 1 saturated heterocycles. The standard InChI is InChI=1S/C25H25N5OS/c1-17-28-23(21-14-22(32-25(21)29-17)19-7-3-2-4-8-19)30-12-9-20(10-13-30)24(31)27-16-18-6-5-11-26-15-18/h2-8,11,14-15,20H,9-10,12-13,16H2,1H3,(H,27,31). The van der Waals surface area contributed by atoms with E-state index in [4.69, 9.17) is 4.98 Å². The van der Waals surface area contributed by atoms with Gasteiger partial charge in [0.15, 0.2) is 0 Å². The largest absolute Gasteiger partial charge is 0.356 e. The van der Waals surface area contributed by atoms with Gasteiger partial charge in [-0.05, 0) is 43.0 Å². The molecule has 0 bridgehead atoms. The predicted molar refractivity (Wildman–Crippen MR) is 129 cm³/mol. The highest BCUT2D eigenvalue weighted by atomic mass is 32.1. The molecule has 6 nitrogen and oxygen atoms in total. The Hall–Kier alpha value is -3.32. The van der Waals surface area contributed by atoms with E-state index in [1.807, 2.05) is 25.1 Å². The Bertz CT molecular complexity index is 1220. The van der Waals surface area contributed by atoms with Gasteiger partial charge < -0.3 is 10.2 Å². The second kappa shape index (κ2) is 9.04. The van der Waals surface area contributed by atoms with Gasteiger partial charge in [-0.15, -0.1) is 11.3 Å². The molecule has 4 aromatic rings. The first kappa shape index (κ1) is 20.6. The van der Waals surface area contributed by atoms with E-state index in [2.05, 4.69) is 50.5 Å². The predicted octanol–water partition coefficient (Wildman–Crippen LogP) is 4.59. The summed E-state index contributed by atoms with van der Waals surface area (Å²) in [5, 5.41) is 4.16. The van der Waals surface area contributed by atoms with E-state index in [0.29, 0.717) is 6.54 Å². The minimum Gasteiger partial charge on any atom is -0.356 e. The van der Waals surface area contributed by atoms with Gasteiger partial charge in [-0.2, -0.15) is 0 Å². The Morgan fingerprint density at radius 2 is 1.94 bits per heavy atom. The molecular formula is C25H25N5OS. The third-order valence-corrected chi connectivity index (χ3v) is 6.98. The molecule has 0 unspecified atom stereocenters. The van der Waals surface area contributed by atoms with Crippen LogP contribution in [0.3, 0.4) is 0 Å². The fourth-order valence-corrected chi connectivity index (χ4v) is 5.26. The number of carbonyl (C=O) groups excluding carboxylic acids is 1. The first-order valence-electron chi connectivity index (χ1n) is 10.9. The van der Waals surface area contributed by atoms with Crippen molar-refractivity contribution in [1.82, 2.24) is 20.3 Å². The van der Waals surface area contributed by atoms with Crippen molar-refractivity contribution in [2.75, 3.05) is 18.0 Å². The van der Waals surface area contributed by atoms with Crippen LogP contribution in [0.1, 0.15) is 24.2 Å². The molecular weight excluding hydrogens is 418 g/mol. The number of thiophene rings is 1. The zero-order valence-corrected chi connectivity index (χ0v) is 18.8. The number of nitrogens with zero attached hydrogens (tertiary/aromatic N) is 4. The van der Waals surface area contributed by atoms with Gasteiger partial charge in [0.05, 0.1) is 5.39 Å². The second-order valence-electron chi connectivity index (χ2n) is 8.13. The summed E-state index contributed by atoms with van der Waals surface area (Å²) in [6.07, 6.45) is 5.16. The maximum atomic E-state index is 12.7. The molecule has 1 amide bonds. The van der Waals surface area contributed by atoms with E-state index < -0.39 is 0 Å². The molecule has 1 N–H and O–H groups in total. The summed E-state index contributed by atoms with van der Waals surface area (Å²) in [6, 6.07) is 16.5. The molecule has 32 heavy (non-hydrogen) atoms. The van der Waals surface area contributed by atoms with Crippen LogP contribution in [-0.2, 0) is 11.3 Å². The summed E-state index contributed by atoms with van der Waals surface area (Å²) in [7, 11) is 0. The van der Waals surface area contributed by atoms with Gasteiger partial charge in [0.1, 0.15) is 16.5 Å². The van der Waals surface area contributed by atoms with Crippen molar-refractivity contribution in [3.05, 3.63) is 72.3 Å². The van der Waals surface area contributed by atoms with Gasteiger partial charge in [0.25, 0.3) is 0 Å². The number of hydrogen-bond acceptors (Lipinski definition) is 6. The van der Waals surface area contributed by atoms with Gasteiger partial charge in [-0.1, -0.05) is 36.4 Å². The van der Waals surface area contributed by atoms with E-state index in [9.17, 15) is 4.79 Å². The second-order valence-corrected chi connectivity index (χ2v) is 9.16. The van der Waals surface area contributed by atoms with Crippen molar-refractivity contribution in [3.63, 3.8) is 0 Å². The average Bonchev–Trinajstić information content (AvgIpc) is 3.27. The minimum absolute atomic E-state index is 0.0312. The van der Waals surface area contributed by atoms with Gasteiger partial charge in [-0.25, -0.2) is 9.97 Å². The van der Waals surface area contributed by atoms with Crippen LogP contribution in [0.15, 0.2) is 60.9 Å². The summed E-state index contributed by atoms with van der Waals surface area (Å²) in [5.41, 5.74) is 2.21. The van der Waals surface area contributed by atoms with E-state index in [0.717, 1.165) is 53.4 Å². The normalized spacial score (nSPS) is 14.6. The number of aryl methyl sites for hydroxylation is 1. The molecule has 1 aromatic carbocycles. The zero-order chi connectivity index (χ0) is 21.9. The molecule has 0 radical (unpaired) electrons. The first-order chi connectivity index (χ1) is 15.7. The lowest BCUT2D eigenvalue weighted by molar-refractivity contribution is -0.125. The Labute approximate surface area is 191 Å². The number of pyridine rings is 1. The van der Waals surface area contributed by atoms with Gasteiger partial charge in [-0.3, -0.25) is 9.78 Å². The highest BCUT2D eigenvalue weighted by molar-refractivity contribution is 7.21. The molecule has 0 aliphatic carbocycles. The molecule has 5 rings (SSSR count). The number of anilines is 1. The van der Waals surface area contributed by atoms with Crippen molar-refractivity contribution in [3.8, 4) is 10.4 Å². The number of aromatic nitrogens is 3. The fourth-order valence-electron chi connectivity index (χ4n) is 4.19. The van der Waals surface area contributed by atoms with Crippen LogP contribution in [0.5, 0.6) is 0 Å². The molecule has 4 heterocycles. The maximum absolute atomic E-state index is 12.7.